The number of hydrogen-bond donors (Lipinski definition) is 4. The van der Waals surface area contributed by atoms with Gasteiger partial charge >= 0.3 is 11.9 Å². The van der Waals surface area contributed by atoms with Crippen LogP contribution in [0.2, 0.25) is 0 Å². The topological polar surface area (TPSA) is 122 Å². The van der Waals surface area contributed by atoms with E-state index in [2.05, 4.69) is 34.1 Å². The quantitative estimate of drug-likeness (QED) is 0.347. The molecule has 4 rings (SSSR count). The smallest absolute Gasteiger partial charge is 0.328 e. The van der Waals surface area contributed by atoms with Crippen LogP contribution in [0.5, 0.6) is 11.5 Å². The molecule has 0 unspecified atom stereocenters. The minimum atomic E-state index is -1.26. The molecule has 8 heteroatoms. The van der Waals surface area contributed by atoms with E-state index in [-0.39, 0.29) is 11.5 Å². The van der Waals surface area contributed by atoms with Crippen LogP contribution in [0.4, 0.5) is 5.69 Å². The fourth-order valence-electron chi connectivity index (χ4n) is 4.60. The molecule has 0 bridgehead atoms. The Hall–Kier alpha value is -3.52. The van der Waals surface area contributed by atoms with Crippen molar-refractivity contribution in [2.75, 3.05) is 37.6 Å². The Kier molecular flexibility index (Phi) is 9.55. The van der Waals surface area contributed by atoms with Gasteiger partial charge in [0.25, 0.3) is 0 Å². The Labute approximate surface area is 205 Å². The largest absolute Gasteiger partial charge is 0.504 e. The summed E-state index contributed by atoms with van der Waals surface area (Å²) in [6, 6.07) is 14.4. The van der Waals surface area contributed by atoms with Crippen molar-refractivity contribution >= 4 is 17.6 Å². The molecule has 0 atom stereocenters. The van der Waals surface area contributed by atoms with Crippen LogP contribution >= 0.6 is 0 Å². The SMILES string of the molecule is O=C(O)/C=C/C(=O)O.Oc1ccc(CCN2CCN(c3ccc(C4CCCC4)cc3)CC2)cc1O. The van der Waals surface area contributed by atoms with Crippen LogP contribution in [-0.4, -0.2) is 70.0 Å². The molecule has 0 spiro atoms. The molecule has 1 aliphatic heterocycles. The van der Waals surface area contributed by atoms with Gasteiger partial charge in [-0.15, -0.1) is 0 Å². The average molecular weight is 483 g/mol. The standard InChI is InChI=1S/C23H30N2O2.C4H4O4/c26-22-10-5-18(17-23(22)27)11-12-24-13-15-25(16-14-24)21-8-6-20(7-9-21)19-3-1-2-4-19;5-3(6)1-2-4(7)8/h5-10,17,19,26-27H,1-4,11-16H2;1-2H,(H,5,6)(H,7,8)/b;2-1+. The Morgan fingerprint density at radius 1 is 0.829 bits per heavy atom. The van der Waals surface area contributed by atoms with Crippen LogP contribution in [0.15, 0.2) is 54.6 Å². The average Bonchev–Trinajstić information content (AvgIpc) is 3.39. The number of phenolic OH excluding ortho intramolecular Hbond substituents is 2. The van der Waals surface area contributed by atoms with Gasteiger partial charge in [-0.1, -0.05) is 31.0 Å². The van der Waals surface area contributed by atoms with Crippen molar-refractivity contribution in [2.45, 2.75) is 38.0 Å². The van der Waals surface area contributed by atoms with Crippen molar-refractivity contribution in [2.24, 2.45) is 0 Å². The van der Waals surface area contributed by atoms with E-state index in [9.17, 15) is 19.8 Å². The first-order valence-electron chi connectivity index (χ1n) is 12.0. The molecule has 0 radical (unpaired) electrons. The molecular weight excluding hydrogens is 448 g/mol. The molecule has 1 saturated carbocycles. The number of aromatic hydroxyl groups is 2. The van der Waals surface area contributed by atoms with Crippen LogP contribution in [0.3, 0.4) is 0 Å². The number of carboxylic acids is 2. The first-order chi connectivity index (χ1) is 16.8. The van der Waals surface area contributed by atoms with Gasteiger partial charge in [-0.3, -0.25) is 4.90 Å². The molecule has 1 aliphatic carbocycles. The normalized spacial score (nSPS) is 16.7. The number of aliphatic carboxylic acids is 2. The van der Waals surface area contributed by atoms with Gasteiger partial charge in [-0.25, -0.2) is 9.59 Å². The van der Waals surface area contributed by atoms with Crippen molar-refractivity contribution < 1.29 is 30.0 Å². The van der Waals surface area contributed by atoms with Gasteiger partial charge in [0.1, 0.15) is 0 Å². The summed E-state index contributed by atoms with van der Waals surface area (Å²) in [7, 11) is 0. The molecule has 0 amide bonds. The highest BCUT2D eigenvalue weighted by Crippen LogP contribution is 2.34. The maximum Gasteiger partial charge on any atom is 0.328 e. The van der Waals surface area contributed by atoms with E-state index in [1.807, 2.05) is 6.07 Å². The van der Waals surface area contributed by atoms with Crippen molar-refractivity contribution in [3.8, 4) is 11.5 Å². The molecule has 4 N–H and O–H groups in total. The molecule has 1 heterocycles. The molecule has 8 nitrogen and oxygen atoms in total. The first kappa shape index (κ1) is 26.1. The molecule has 2 aliphatic rings. The summed E-state index contributed by atoms with van der Waals surface area (Å²) in [6.07, 6.45) is 7.50. The monoisotopic (exact) mass is 482 g/mol. The number of carbonyl (C=O) groups is 2. The zero-order valence-corrected chi connectivity index (χ0v) is 19.8. The summed E-state index contributed by atoms with van der Waals surface area (Å²) < 4.78 is 0. The predicted molar refractivity (Wildman–Crippen MR) is 134 cm³/mol. The van der Waals surface area contributed by atoms with E-state index >= 15 is 0 Å². The zero-order valence-electron chi connectivity index (χ0n) is 19.8. The van der Waals surface area contributed by atoms with Gasteiger partial charge in [-0.2, -0.15) is 0 Å². The van der Waals surface area contributed by atoms with Crippen LogP contribution in [-0.2, 0) is 16.0 Å². The van der Waals surface area contributed by atoms with E-state index < -0.39 is 11.9 Å². The van der Waals surface area contributed by atoms with Gasteiger partial charge in [0.2, 0.25) is 0 Å². The first-order valence-corrected chi connectivity index (χ1v) is 12.0. The lowest BCUT2D eigenvalue weighted by atomic mass is 9.97. The number of carboxylic acid groups (broad SMARTS) is 2. The number of rotatable bonds is 7. The molecule has 35 heavy (non-hydrogen) atoms. The predicted octanol–water partition coefficient (Wildman–Crippen LogP) is 3.83. The maximum absolute atomic E-state index is 9.62. The van der Waals surface area contributed by atoms with E-state index in [0.29, 0.717) is 12.2 Å². The Bertz CT molecular complexity index is 991. The molecule has 2 aromatic carbocycles. The molecular formula is C27H34N2O6. The van der Waals surface area contributed by atoms with Crippen LogP contribution in [0, 0.1) is 0 Å². The molecule has 188 valence electrons. The second-order valence-electron chi connectivity index (χ2n) is 8.98. The fraction of sp³-hybridized carbons (Fsp3) is 0.407. The van der Waals surface area contributed by atoms with Crippen molar-refractivity contribution in [3.05, 3.63) is 65.7 Å². The Morgan fingerprint density at radius 3 is 1.97 bits per heavy atom. The summed E-state index contributed by atoms with van der Waals surface area (Å²) in [5.41, 5.74) is 3.93. The summed E-state index contributed by atoms with van der Waals surface area (Å²) in [5.74, 6) is -1.81. The highest BCUT2D eigenvalue weighted by Gasteiger charge is 2.19. The number of anilines is 1. The highest BCUT2D eigenvalue weighted by molar-refractivity contribution is 5.89. The second-order valence-corrected chi connectivity index (χ2v) is 8.98. The number of hydrogen-bond acceptors (Lipinski definition) is 6. The third-order valence-electron chi connectivity index (χ3n) is 6.58. The van der Waals surface area contributed by atoms with E-state index in [1.54, 1.807) is 12.1 Å². The minimum Gasteiger partial charge on any atom is -0.504 e. The van der Waals surface area contributed by atoms with Gasteiger partial charge in [0, 0.05) is 50.6 Å². The Balaban J connectivity index is 0.000000371. The maximum atomic E-state index is 9.62. The van der Waals surface area contributed by atoms with E-state index in [4.69, 9.17) is 10.2 Å². The van der Waals surface area contributed by atoms with Crippen molar-refractivity contribution in [1.82, 2.24) is 4.90 Å². The lowest BCUT2D eigenvalue weighted by Crippen LogP contribution is -2.47. The minimum absolute atomic E-state index is 0.0293. The van der Waals surface area contributed by atoms with Gasteiger partial charge in [0.05, 0.1) is 0 Å². The number of piperazine rings is 1. The number of benzene rings is 2. The molecule has 0 aromatic heterocycles. The molecule has 1 saturated heterocycles. The molecule has 2 fully saturated rings. The summed E-state index contributed by atoms with van der Waals surface area (Å²) in [5, 5.41) is 34.7. The fourth-order valence-corrected chi connectivity index (χ4v) is 4.60. The number of phenols is 2. The van der Waals surface area contributed by atoms with Gasteiger partial charge < -0.3 is 25.3 Å². The molecule has 2 aromatic rings. The van der Waals surface area contributed by atoms with Crippen molar-refractivity contribution in [3.63, 3.8) is 0 Å². The summed E-state index contributed by atoms with van der Waals surface area (Å²) >= 11 is 0. The zero-order chi connectivity index (χ0) is 25.2. The van der Waals surface area contributed by atoms with E-state index in [1.165, 1.54) is 36.9 Å². The van der Waals surface area contributed by atoms with Crippen LogP contribution < -0.4 is 4.90 Å². The summed E-state index contributed by atoms with van der Waals surface area (Å²) in [6.45, 7) is 5.23. The third-order valence-corrected chi connectivity index (χ3v) is 6.58. The second kappa shape index (κ2) is 12.8. The van der Waals surface area contributed by atoms with E-state index in [0.717, 1.165) is 50.6 Å². The third kappa shape index (κ3) is 8.33. The summed E-state index contributed by atoms with van der Waals surface area (Å²) in [4.78, 5) is 24.1. The lowest BCUT2D eigenvalue weighted by molar-refractivity contribution is -0.134. The number of nitrogens with zero attached hydrogens (tertiary/aromatic N) is 2. The lowest BCUT2D eigenvalue weighted by Gasteiger charge is -2.36. The van der Waals surface area contributed by atoms with Gasteiger partial charge in [0.15, 0.2) is 11.5 Å². The highest BCUT2D eigenvalue weighted by atomic mass is 16.4. The van der Waals surface area contributed by atoms with Crippen LogP contribution in [0.1, 0.15) is 42.7 Å². The Morgan fingerprint density at radius 2 is 1.43 bits per heavy atom. The van der Waals surface area contributed by atoms with Crippen molar-refractivity contribution in [1.29, 1.82) is 0 Å². The van der Waals surface area contributed by atoms with Crippen LogP contribution in [0.25, 0.3) is 0 Å². The van der Waals surface area contributed by atoms with Gasteiger partial charge in [-0.05, 0) is 60.6 Å².